The largest absolute Gasteiger partial charge is 0.492 e. The molecule has 2 aromatic rings. The number of thioether (sulfide) groups is 1. The van der Waals surface area contributed by atoms with Crippen LogP contribution in [0.4, 0.5) is 10.5 Å². The number of nitrogens with zero attached hydrogens (tertiary/aromatic N) is 1. The minimum Gasteiger partial charge on any atom is -0.492 e. The van der Waals surface area contributed by atoms with Gasteiger partial charge >= 0.3 is 6.03 Å². The molecule has 1 saturated heterocycles. The molecular weight excluding hydrogens is 418 g/mol. The van der Waals surface area contributed by atoms with Crippen molar-refractivity contribution in [2.45, 2.75) is 6.42 Å². The molecule has 4 rings (SSSR count). The number of hydrogen-bond donors (Lipinski definition) is 2. The highest BCUT2D eigenvalue weighted by Gasteiger charge is 2.17. The van der Waals surface area contributed by atoms with Crippen LogP contribution >= 0.6 is 11.8 Å². The van der Waals surface area contributed by atoms with Crippen molar-refractivity contribution in [1.82, 2.24) is 10.2 Å². The maximum Gasteiger partial charge on any atom is 0.319 e. The van der Waals surface area contributed by atoms with E-state index in [4.69, 9.17) is 14.2 Å². The lowest BCUT2D eigenvalue weighted by molar-refractivity contribution is -0.130. The minimum absolute atomic E-state index is 0.154. The van der Waals surface area contributed by atoms with Gasteiger partial charge in [-0.2, -0.15) is 11.8 Å². The molecule has 0 unspecified atom stereocenters. The van der Waals surface area contributed by atoms with Gasteiger partial charge in [-0.25, -0.2) is 4.79 Å². The van der Waals surface area contributed by atoms with Crippen LogP contribution in [0.25, 0.3) is 0 Å². The number of amides is 3. The lowest BCUT2D eigenvalue weighted by atomic mass is 10.1. The topological polar surface area (TPSA) is 89.1 Å². The van der Waals surface area contributed by atoms with Crippen molar-refractivity contribution in [3.63, 3.8) is 0 Å². The van der Waals surface area contributed by atoms with Crippen molar-refractivity contribution in [2.24, 2.45) is 0 Å². The van der Waals surface area contributed by atoms with Crippen LogP contribution in [0.2, 0.25) is 0 Å². The highest BCUT2D eigenvalue weighted by atomic mass is 32.2. The molecule has 0 atom stereocenters. The molecule has 3 amide bonds. The second-order valence-electron chi connectivity index (χ2n) is 7.11. The Bertz CT molecular complexity index is 916. The van der Waals surface area contributed by atoms with Gasteiger partial charge in [-0.15, -0.1) is 0 Å². The highest BCUT2D eigenvalue weighted by Crippen LogP contribution is 2.34. The first-order valence-electron chi connectivity index (χ1n) is 10.2. The summed E-state index contributed by atoms with van der Waals surface area (Å²) in [5, 5.41) is 5.53. The average molecular weight is 444 g/mol. The van der Waals surface area contributed by atoms with E-state index >= 15 is 0 Å². The Balaban J connectivity index is 1.16. The van der Waals surface area contributed by atoms with Crippen LogP contribution in [0, 0.1) is 0 Å². The molecule has 2 aliphatic rings. The Hall–Kier alpha value is -3.07. The van der Waals surface area contributed by atoms with Crippen molar-refractivity contribution in [3.05, 3.63) is 48.0 Å². The lowest BCUT2D eigenvalue weighted by Crippen LogP contribution is -2.38. The smallest absolute Gasteiger partial charge is 0.319 e. The summed E-state index contributed by atoms with van der Waals surface area (Å²) >= 11 is 1.88. The molecule has 0 saturated carbocycles. The summed E-state index contributed by atoms with van der Waals surface area (Å²) in [5.41, 5.74) is 1.60. The van der Waals surface area contributed by atoms with E-state index in [1.807, 2.05) is 28.8 Å². The van der Waals surface area contributed by atoms with Crippen molar-refractivity contribution in [1.29, 1.82) is 0 Å². The van der Waals surface area contributed by atoms with Crippen LogP contribution in [0.3, 0.4) is 0 Å². The van der Waals surface area contributed by atoms with Gasteiger partial charge in [0, 0.05) is 36.3 Å². The molecule has 0 bridgehead atoms. The highest BCUT2D eigenvalue weighted by molar-refractivity contribution is 7.99. The predicted molar refractivity (Wildman–Crippen MR) is 119 cm³/mol. The van der Waals surface area contributed by atoms with Gasteiger partial charge in [-0.05, 0) is 29.8 Å². The fourth-order valence-electron chi connectivity index (χ4n) is 3.28. The normalized spacial score (nSPS) is 14.8. The van der Waals surface area contributed by atoms with Crippen molar-refractivity contribution < 1.29 is 23.8 Å². The van der Waals surface area contributed by atoms with Gasteiger partial charge < -0.3 is 29.7 Å². The Labute approximate surface area is 185 Å². The molecule has 0 spiro atoms. The first-order chi connectivity index (χ1) is 15.2. The third-order valence-electron chi connectivity index (χ3n) is 4.93. The zero-order valence-corrected chi connectivity index (χ0v) is 17.9. The minimum atomic E-state index is -0.316. The van der Waals surface area contributed by atoms with E-state index in [1.165, 1.54) is 0 Å². The van der Waals surface area contributed by atoms with Gasteiger partial charge in [0.1, 0.15) is 12.4 Å². The molecule has 164 valence electrons. The number of nitrogens with one attached hydrogen (secondary N) is 2. The number of benzene rings is 2. The lowest BCUT2D eigenvalue weighted by Gasteiger charge is -2.26. The maximum atomic E-state index is 12.3. The molecule has 9 heteroatoms. The zero-order chi connectivity index (χ0) is 21.5. The van der Waals surface area contributed by atoms with Crippen molar-refractivity contribution in [3.8, 4) is 17.2 Å². The number of urea groups is 1. The third-order valence-corrected chi connectivity index (χ3v) is 5.87. The van der Waals surface area contributed by atoms with Crippen LogP contribution < -0.4 is 24.8 Å². The Kier molecular flexibility index (Phi) is 7.03. The Morgan fingerprint density at radius 1 is 1.03 bits per heavy atom. The number of anilines is 1. The molecule has 0 aliphatic carbocycles. The monoisotopic (exact) mass is 443 g/mol. The molecular formula is C22H25N3O5S. The van der Waals surface area contributed by atoms with Crippen LogP contribution in [0.5, 0.6) is 17.2 Å². The second-order valence-corrected chi connectivity index (χ2v) is 8.34. The summed E-state index contributed by atoms with van der Waals surface area (Å²) in [5.74, 6) is 4.17. The van der Waals surface area contributed by atoms with E-state index < -0.39 is 0 Å². The number of hydrogen-bond acceptors (Lipinski definition) is 6. The molecule has 8 nitrogen and oxygen atoms in total. The molecule has 2 aliphatic heterocycles. The van der Waals surface area contributed by atoms with E-state index in [1.54, 1.807) is 30.3 Å². The molecule has 2 aromatic carbocycles. The number of rotatable bonds is 7. The maximum absolute atomic E-state index is 12.3. The summed E-state index contributed by atoms with van der Waals surface area (Å²) in [7, 11) is 0. The number of ether oxygens (including phenoxy) is 3. The third kappa shape index (κ3) is 5.97. The van der Waals surface area contributed by atoms with Gasteiger partial charge in [0.05, 0.1) is 13.0 Å². The first-order valence-corrected chi connectivity index (χ1v) is 11.3. The van der Waals surface area contributed by atoms with Gasteiger partial charge in [0.2, 0.25) is 12.7 Å². The fourth-order valence-corrected chi connectivity index (χ4v) is 4.18. The second kappa shape index (κ2) is 10.3. The summed E-state index contributed by atoms with van der Waals surface area (Å²) in [6.07, 6.45) is 0.383. The average Bonchev–Trinajstić information content (AvgIpc) is 3.26. The number of carbonyl (C=O) groups excluding carboxylic acids is 2. The standard InChI is InChI=1S/C22H25N3O5S/c26-21(25-8-11-31-12-9-25)13-16-1-3-17(4-2-16)24-22(27)23-7-10-28-18-5-6-19-20(14-18)30-15-29-19/h1-6,14H,7-13,15H2,(H2,23,24,27). The molecule has 0 radical (unpaired) electrons. The number of carbonyl (C=O) groups is 2. The van der Waals surface area contributed by atoms with Gasteiger partial charge in [-0.3, -0.25) is 4.79 Å². The van der Waals surface area contributed by atoms with E-state index in [0.29, 0.717) is 42.5 Å². The Morgan fingerprint density at radius 2 is 1.81 bits per heavy atom. The van der Waals surface area contributed by atoms with E-state index in [-0.39, 0.29) is 18.7 Å². The van der Waals surface area contributed by atoms with E-state index in [9.17, 15) is 9.59 Å². The quantitative estimate of drug-likeness (QED) is 0.640. The SMILES string of the molecule is O=C(NCCOc1ccc2c(c1)OCO2)Nc1ccc(CC(=O)N2CCSCC2)cc1. The van der Waals surface area contributed by atoms with Crippen molar-refractivity contribution >= 4 is 29.4 Å². The van der Waals surface area contributed by atoms with E-state index in [0.717, 1.165) is 30.2 Å². The first kappa shape index (κ1) is 21.2. The van der Waals surface area contributed by atoms with Crippen molar-refractivity contribution in [2.75, 3.05) is 49.9 Å². The molecule has 2 N–H and O–H groups in total. The Morgan fingerprint density at radius 3 is 2.61 bits per heavy atom. The fraction of sp³-hybridized carbons (Fsp3) is 0.364. The van der Waals surface area contributed by atoms with Crippen LogP contribution in [0.1, 0.15) is 5.56 Å². The zero-order valence-electron chi connectivity index (χ0n) is 17.1. The summed E-state index contributed by atoms with van der Waals surface area (Å²) in [4.78, 5) is 26.3. The van der Waals surface area contributed by atoms with Crippen LogP contribution in [-0.2, 0) is 11.2 Å². The van der Waals surface area contributed by atoms with Crippen LogP contribution in [0.15, 0.2) is 42.5 Å². The van der Waals surface area contributed by atoms with Gasteiger partial charge in [0.25, 0.3) is 0 Å². The summed E-state index contributed by atoms with van der Waals surface area (Å²) in [6, 6.07) is 12.4. The molecule has 31 heavy (non-hydrogen) atoms. The molecule has 2 heterocycles. The van der Waals surface area contributed by atoms with E-state index in [2.05, 4.69) is 10.6 Å². The summed E-state index contributed by atoms with van der Waals surface area (Å²) in [6.45, 7) is 2.53. The predicted octanol–water partition coefficient (Wildman–Crippen LogP) is 2.73. The van der Waals surface area contributed by atoms with Crippen LogP contribution in [-0.4, -0.2) is 61.4 Å². The van der Waals surface area contributed by atoms with Gasteiger partial charge in [0.15, 0.2) is 11.5 Å². The molecule has 1 fully saturated rings. The molecule has 0 aromatic heterocycles. The summed E-state index contributed by atoms with van der Waals surface area (Å²) < 4.78 is 16.2. The van der Waals surface area contributed by atoms with Gasteiger partial charge in [-0.1, -0.05) is 12.1 Å². The number of fused-ring (bicyclic) bond motifs is 1.